The van der Waals surface area contributed by atoms with E-state index in [1.54, 1.807) is 4.80 Å². The van der Waals surface area contributed by atoms with E-state index in [1.165, 1.54) is 28.7 Å². The van der Waals surface area contributed by atoms with Crippen molar-refractivity contribution in [1.29, 1.82) is 0 Å². The number of benzene rings is 2. The van der Waals surface area contributed by atoms with Crippen molar-refractivity contribution in [3.05, 3.63) is 82.4 Å². The number of nitrogens with zero attached hydrogens (tertiary/aromatic N) is 8. The van der Waals surface area contributed by atoms with E-state index in [4.69, 9.17) is 0 Å². The van der Waals surface area contributed by atoms with Crippen molar-refractivity contribution in [2.45, 2.75) is 79.3 Å². The van der Waals surface area contributed by atoms with E-state index in [0.717, 1.165) is 56.8 Å². The van der Waals surface area contributed by atoms with Crippen molar-refractivity contribution in [2.24, 2.45) is 0 Å². The normalized spacial score (nSPS) is 10.7. The summed E-state index contributed by atoms with van der Waals surface area (Å²) >= 11 is 0. The maximum absolute atomic E-state index is 4.16. The Kier molecular flexibility index (Phi) is 9.88. The molecule has 2 aromatic heterocycles. The van der Waals surface area contributed by atoms with Gasteiger partial charge in [0.25, 0.3) is 0 Å². The predicted octanol–water partition coefficient (Wildman–Crippen LogP) is 4.63. The Balaban J connectivity index is 0.000000191. The molecule has 0 radical (unpaired) electrons. The van der Waals surface area contributed by atoms with Crippen LogP contribution in [0.1, 0.15) is 59.6 Å². The van der Waals surface area contributed by atoms with Gasteiger partial charge in [-0.2, -0.15) is 4.80 Å². The smallest absolute Gasteiger partial charge is 0.171 e. The molecule has 0 amide bonds. The van der Waals surface area contributed by atoms with Crippen LogP contribution in [-0.2, 0) is 25.9 Å². The highest BCUT2D eigenvalue weighted by Gasteiger charge is 2.00. The Morgan fingerprint density at radius 1 is 0.618 bits per heavy atom. The summed E-state index contributed by atoms with van der Waals surface area (Å²) in [6, 6.07) is 17.5. The van der Waals surface area contributed by atoms with E-state index in [2.05, 4.69) is 93.3 Å². The molecule has 8 nitrogen and oxygen atoms in total. The van der Waals surface area contributed by atoms with Gasteiger partial charge in [-0.1, -0.05) is 59.7 Å². The van der Waals surface area contributed by atoms with Crippen LogP contribution in [0.5, 0.6) is 0 Å². The maximum Gasteiger partial charge on any atom is 0.171 e. The van der Waals surface area contributed by atoms with Crippen molar-refractivity contribution in [1.82, 2.24) is 40.4 Å². The van der Waals surface area contributed by atoms with E-state index in [0.29, 0.717) is 0 Å². The molecule has 8 heteroatoms. The third kappa shape index (κ3) is 8.84. The second kappa shape index (κ2) is 13.3. The number of aromatic nitrogens is 8. The highest BCUT2D eigenvalue weighted by molar-refractivity contribution is 5.22. The first-order chi connectivity index (χ1) is 16.5. The molecule has 0 saturated carbocycles. The lowest BCUT2D eigenvalue weighted by Gasteiger charge is -2.03. The van der Waals surface area contributed by atoms with Crippen LogP contribution in [0.15, 0.2) is 48.5 Å². The summed E-state index contributed by atoms with van der Waals surface area (Å²) in [5.74, 6) is 1.63. The van der Waals surface area contributed by atoms with Crippen LogP contribution in [-0.4, -0.2) is 40.4 Å². The van der Waals surface area contributed by atoms with Gasteiger partial charge in [-0.05, 0) is 93.0 Å². The molecule has 0 saturated heterocycles. The van der Waals surface area contributed by atoms with Crippen LogP contribution < -0.4 is 0 Å². The minimum Gasteiger partial charge on any atom is -0.230 e. The zero-order chi connectivity index (χ0) is 24.2. The highest BCUT2D eigenvalue weighted by atomic mass is 15.6. The summed E-state index contributed by atoms with van der Waals surface area (Å²) in [6.07, 6.45) is 6.77. The molecule has 0 spiro atoms. The predicted molar refractivity (Wildman–Crippen MR) is 133 cm³/mol. The molecule has 0 aliphatic rings. The van der Waals surface area contributed by atoms with Gasteiger partial charge in [-0.15, -0.1) is 15.3 Å². The number of aryl methyl sites for hydroxylation is 8. The molecule has 0 fully saturated rings. The van der Waals surface area contributed by atoms with Crippen LogP contribution >= 0.6 is 0 Å². The van der Waals surface area contributed by atoms with Crippen LogP contribution in [0, 0.1) is 27.7 Å². The standard InChI is InChI=1S/2C13H18N4/c1-11-6-8-13(9-7-11)5-3-4-10-17-12(2)14-15-16-17;1-11-6-8-13(9-7-11)5-3-4-10-17-15-12(2)14-16-17/h2*6-9H,3-5,10H2,1-2H3. The average Bonchev–Trinajstić information content (AvgIpc) is 3.44. The Hall–Kier alpha value is -3.42. The maximum atomic E-state index is 4.16. The van der Waals surface area contributed by atoms with E-state index in [-0.39, 0.29) is 0 Å². The zero-order valence-corrected chi connectivity index (χ0v) is 20.9. The number of hydrogen-bond donors (Lipinski definition) is 0. The quantitative estimate of drug-likeness (QED) is 0.321. The Labute approximate surface area is 202 Å². The summed E-state index contributed by atoms with van der Waals surface area (Å²) in [4.78, 5) is 1.67. The van der Waals surface area contributed by atoms with Crippen LogP contribution in [0.4, 0.5) is 0 Å². The fourth-order valence-electron chi connectivity index (χ4n) is 3.56. The van der Waals surface area contributed by atoms with Gasteiger partial charge in [0.1, 0.15) is 5.82 Å². The molecule has 0 bridgehead atoms. The Bertz CT molecular complexity index is 1100. The number of hydrogen-bond acceptors (Lipinski definition) is 6. The molecule has 0 aliphatic carbocycles. The van der Waals surface area contributed by atoms with Gasteiger partial charge < -0.3 is 0 Å². The molecule has 2 heterocycles. The summed E-state index contributed by atoms with van der Waals surface area (Å²) in [5.41, 5.74) is 5.44. The number of tetrazole rings is 2. The average molecular weight is 461 g/mol. The Morgan fingerprint density at radius 3 is 1.65 bits per heavy atom. The minimum absolute atomic E-state index is 0.739. The zero-order valence-electron chi connectivity index (χ0n) is 20.9. The van der Waals surface area contributed by atoms with Crippen LogP contribution in [0.3, 0.4) is 0 Å². The molecule has 0 unspecified atom stereocenters. The fraction of sp³-hybridized carbons (Fsp3) is 0.462. The summed E-state index contributed by atoms with van der Waals surface area (Å²) in [5, 5.41) is 23.4. The van der Waals surface area contributed by atoms with Gasteiger partial charge in [0.2, 0.25) is 0 Å². The molecular formula is C26H36N8. The molecule has 0 atom stereocenters. The lowest BCUT2D eigenvalue weighted by Crippen LogP contribution is -2.03. The Morgan fingerprint density at radius 2 is 1.18 bits per heavy atom. The molecule has 34 heavy (non-hydrogen) atoms. The van der Waals surface area contributed by atoms with Crippen molar-refractivity contribution in [3.8, 4) is 0 Å². The molecule has 0 N–H and O–H groups in total. The van der Waals surface area contributed by atoms with Gasteiger partial charge in [0.05, 0.1) is 6.54 Å². The van der Waals surface area contributed by atoms with E-state index < -0.39 is 0 Å². The second-order valence-corrected chi connectivity index (χ2v) is 8.77. The van der Waals surface area contributed by atoms with Gasteiger partial charge in [0, 0.05) is 6.54 Å². The summed E-state index contributed by atoms with van der Waals surface area (Å²) in [6.45, 7) is 9.78. The third-order valence-electron chi connectivity index (χ3n) is 5.66. The number of unbranched alkanes of at least 4 members (excludes halogenated alkanes) is 2. The molecule has 180 valence electrons. The van der Waals surface area contributed by atoms with E-state index in [1.807, 2.05) is 18.5 Å². The lowest BCUT2D eigenvalue weighted by molar-refractivity contribution is 0.487. The van der Waals surface area contributed by atoms with Gasteiger partial charge in [-0.25, -0.2) is 4.68 Å². The monoisotopic (exact) mass is 460 g/mol. The first kappa shape index (κ1) is 25.2. The third-order valence-corrected chi connectivity index (χ3v) is 5.66. The van der Waals surface area contributed by atoms with Crippen LogP contribution in [0.25, 0.3) is 0 Å². The first-order valence-electron chi connectivity index (χ1n) is 12.1. The SMILES string of the molecule is Cc1ccc(CCCCn2nnc(C)n2)cc1.Cc1ccc(CCCCn2nnnc2C)cc1. The first-order valence-corrected chi connectivity index (χ1v) is 12.1. The van der Waals surface area contributed by atoms with Gasteiger partial charge in [0.15, 0.2) is 5.82 Å². The summed E-state index contributed by atoms with van der Waals surface area (Å²) in [7, 11) is 0. The fourth-order valence-corrected chi connectivity index (χ4v) is 3.56. The highest BCUT2D eigenvalue weighted by Crippen LogP contribution is 2.09. The van der Waals surface area contributed by atoms with Crippen molar-refractivity contribution < 1.29 is 0 Å². The molecule has 4 rings (SSSR count). The van der Waals surface area contributed by atoms with E-state index >= 15 is 0 Å². The molecule has 4 aromatic rings. The van der Waals surface area contributed by atoms with Crippen molar-refractivity contribution in [2.75, 3.05) is 0 Å². The molecule has 2 aromatic carbocycles. The van der Waals surface area contributed by atoms with Gasteiger partial charge in [-0.3, -0.25) is 0 Å². The van der Waals surface area contributed by atoms with Gasteiger partial charge >= 0.3 is 0 Å². The number of rotatable bonds is 10. The summed E-state index contributed by atoms with van der Waals surface area (Å²) < 4.78 is 1.86. The lowest BCUT2D eigenvalue weighted by atomic mass is 10.1. The molecular weight excluding hydrogens is 424 g/mol. The largest absolute Gasteiger partial charge is 0.230 e. The molecule has 0 aliphatic heterocycles. The van der Waals surface area contributed by atoms with Crippen LogP contribution in [0.2, 0.25) is 0 Å². The van der Waals surface area contributed by atoms with Crippen molar-refractivity contribution in [3.63, 3.8) is 0 Å². The second-order valence-electron chi connectivity index (χ2n) is 8.77. The topological polar surface area (TPSA) is 87.2 Å². The van der Waals surface area contributed by atoms with E-state index in [9.17, 15) is 0 Å². The minimum atomic E-state index is 0.739. The van der Waals surface area contributed by atoms with Crippen molar-refractivity contribution >= 4 is 0 Å².